The fourth-order valence-corrected chi connectivity index (χ4v) is 9.33. The van der Waals surface area contributed by atoms with Gasteiger partial charge in [0.25, 0.3) is 12.3 Å². The largest absolute Gasteiger partial charge is 0.420 e. The van der Waals surface area contributed by atoms with E-state index in [1.807, 2.05) is 18.2 Å². The Morgan fingerprint density at radius 3 is 2.57 bits per heavy atom. The van der Waals surface area contributed by atoms with E-state index in [1.54, 1.807) is 23.1 Å². The number of benzene rings is 1. The third-order valence-electron chi connectivity index (χ3n) is 12.7. The van der Waals surface area contributed by atoms with Gasteiger partial charge in [0.2, 0.25) is 11.8 Å². The molecule has 3 amide bonds. The maximum absolute atomic E-state index is 14.2. The number of alkyl halides is 2. The Labute approximate surface area is 349 Å². The summed E-state index contributed by atoms with van der Waals surface area (Å²) >= 11 is 0. The number of piperazine rings is 1. The van der Waals surface area contributed by atoms with Crippen molar-refractivity contribution in [3.8, 4) is 0 Å². The Morgan fingerprint density at radius 2 is 1.80 bits per heavy atom. The molecule has 1 aliphatic carbocycles. The van der Waals surface area contributed by atoms with Crippen molar-refractivity contribution in [3.63, 3.8) is 0 Å². The molecule has 17 nitrogen and oxygen atoms in total. The number of aromatic nitrogens is 6. The van der Waals surface area contributed by atoms with Gasteiger partial charge in [-0.1, -0.05) is 6.07 Å². The molecule has 324 valence electrons. The van der Waals surface area contributed by atoms with Crippen LogP contribution in [0.5, 0.6) is 0 Å². The van der Waals surface area contributed by atoms with Crippen LogP contribution < -0.4 is 26.6 Å². The molecule has 5 aromatic rings. The van der Waals surface area contributed by atoms with Crippen LogP contribution in [0.2, 0.25) is 0 Å². The number of amides is 3. The molecule has 0 spiro atoms. The number of nitrogens with zero attached hydrogens (tertiary/aromatic N) is 8. The topological polar surface area (TPSA) is 186 Å². The van der Waals surface area contributed by atoms with Gasteiger partial charge in [-0.2, -0.15) is 10.2 Å². The summed E-state index contributed by atoms with van der Waals surface area (Å²) in [6.45, 7) is 6.79. The normalized spacial score (nSPS) is 22.1. The smallest absolute Gasteiger partial charge is 0.408 e. The summed E-state index contributed by atoms with van der Waals surface area (Å²) in [5.74, 6) is -0.757. The third-order valence-corrected chi connectivity index (χ3v) is 12.7. The second-order valence-corrected chi connectivity index (χ2v) is 16.7. The Hall–Kier alpha value is -5.53. The van der Waals surface area contributed by atoms with Gasteiger partial charge in [-0.15, -0.1) is 0 Å². The minimum Gasteiger partial charge on any atom is -0.408 e. The predicted octanol–water partition coefficient (Wildman–Crippen LogP) is 4.26. The first-order valence-corrected chi connectivity index (χ1v) is 21.5. The van der Waals surface area contributed by atoms with E-state index in [4.69, 9.17) is 14.1 Å². The Bertz CT molecular complexity index is 2440. The number of oxazole rings is 1. The van der Waals surface area contributed by atoms with Crippen LogP contribution in [-0.2, 0) is 20.7 Å². The number of halogens is 2. The zero-order valence-electron chi connectivity index (χ0n) is 33.9. The number of fused-ring (bicyclic) bond motifs is 2. The van der Waals surface area contributed by atoms with Crippen molar-refractivity contribution >= 4 is 46.0 Å². The van der Waals surface area contributed by atoms with Gasteiger partial charge in [-0.3, -0.25) is 28.9 Å². The number of ether oxygens (including phenoxy) is 1. The highest BCUT2D eigenvalue weighted by molar-refractivity contribution is 6.08. The summed E-state index contributed by atoms with van der Waals surface area (Å²) in [7, 11) is 0. The average Bonchev–Trinajstić information content (AvgIpc) is 3.98. The van der Waals surface area contributed by atoms with Crippen LogP contribution in [0.25, 0.3) is 16.7 Å². The highest BCUT2D eigenvalue weighted by atomic mass is 19.3. The summed E-state index contributed by atoms with van der Waals surface area (Å²) in [5.41, 5.74) is 2.09. The van der Waals surface area contributed by atoms with E-state index in [0.29, 0.717) is 29.3 Å². The number of rotatable bonds is 13. The molecular formula is C42H51F2N11O6. The Kier molecular flexibility index (Phi) is 11.9. The predicted molar refractivity (Wildman–Crippen MR) is 220 cm³/mol. The number of nitrogens with one attached hydrogen (secondary N) is 3. The number of imide groups is 1. The van der Waals surface area contributed by atoms with E-state index in [-0.39, 0.29) is 42.1 Å². The van der Waals surface area contributed by atoms with Crippen LogP contribution in [0.4, 0.5) is 20.3 Å². The molecule has 61 heavy (non-hydrogen) atoms. The number of hydrogen-bond donors (Lipinski definition) is 3. The molecule has 19 heteroatoms. The van der Waals surface area contributed by atoms with Crippen LogP contribution in [0.3, 0.4) is 0 Å². The fraction of sp³-hybridized carbons (Fsp3) is 0.548. The van der Waals surface area contributed by atoms with Crippen molar-refractivity contribution in [2.24, 2.45) is 5.92 Å². The number of carbonyl (C=O) groups excluding carboxylic acids is 3. The molecule has 3 N–H and O–H groups in total. The van der Waals surface area contributed by atoms with Crippen LogP contribution in [0.1, 0.15) is 97.9 Å². The van der Waals surface area contributed by atoms with E-state index in [0.717, 1.165) is 109 Å². The van der Waals surface area contributed by atoms with Crippen molar-refractivity contribution in [2.45, 2.75) is 88.8 Å². The van der Waals surface area contributed by atoms with Gasteiger partial charge in [-0.05, 0) is 87.5 Å². The van der Waals surface area contributed by atoms with Crippen molar-refractivity contribution < 1.29 is 32.3 Å². The van der Waals surface area contributed by atoms with Crippen molar-refractivity contribution in [2.75, 3.05) is 62.6 Å². The summed E-state index contributed by atoms with van der Waals surface area (Å²) in [6.07, 6.45) is 9.54. The van der Waals surface area contributed by atoms with Gasteiger partial charge < -0.3 is 29.6 Å². The highest BCUT2D eigenvalue weighted by Gasteiger charge is 2.32. The van der Waals surface area contributed by atoms with E-state index in [1.165, 1.54) is 15.3 Å². The number of carbonyl (C=O) groups is 3. The second kappa shape index (κ2) is 17.8. The molecule has 3 aliphatic heterocycles. The Morgan fingerprint density at radius 1 is 1.00 bits per heavy atom. The number of hydrogen-bond acceptors (Lipinski definition) is 12. The highest BCUT2D eigenvalue weighted by Crippen LogP contribution is 2.36. The maximum atomic E-state index is 14.2. The molecule has 9 rings (SSSR count). The third kappa shape index (κ3) is 8.95. The minimum atomic E-state index is -2.85. The van der Waals surface area contributed by atoms with E-state index in [2.05, 4.69) is 35.9 Å². The lowest BCUT2D eigenvalue weighted by Gasteiger charge is -2.36. The van der Waals surface area contributed by atoms with Crippen LogP contribution in [0.15, 0.2) is 52.1 Å². The second-order valence-electron chi connectivity index (χ2n) is 16.7. The zero-order valence-corrected chi connectivity index (χ0v) is 33.9. The molecule has 7 heterocycles. The molecule has 1 unspecified atom stereocenters. The molecule has 3 saturated heterocycles. The fourth-order valence-electron chi connectivity index (χ4n) is 9.33. The lowest BCUT2D eigenvalue weighted by Crippen LogP contribution is -2.43. The molecule has 1 saturated carbocycles. The molecule has 4 fully saturated rings. The molecule has 0 bridgehead atoms. The molecule has 4 aromatic heterocycles. The summed E-state index contributed by atoms with van der Waals surface area (Å²) < 4.78 is 44.7. The standard InChI is InChI=1S/C42H51F2N11O6/c43-38(44)37-31(47-40(57)30-23-46-53-18-13-35(48-39(30)53)52-19-14-45-15-20-52)25-54(50-37)28-6-3-27(4-7-28)24-51-16-11-29(12-17-51)60-21-1-2-26-5-8-32-34(22-26)61-42(59)55(32)33-9-10-36(56)49-41(33)58/h5,8,13,18,22-23,25,27-29,33,38,45H,1-4,6-7,9-12,14-17,19-21,24H2,(H,47,57)(H,49,56,58). The van der Waals surface area contributed by atoms with Crippen LogP contribution in [-0.4, -0.2) is 110 Å². The van der Waals surface area contributed by atoms with Gasteiger partial charge in [0.1, 0.15) is 17.4 Å². The van der Waals surface area contributed by atoms with Crippen LogP contribution >= 0.6 is 0 Å². The minimum absolute atomic E-state index is 0.000400. The first kappa shape index (κ1) is 40.9. The lowest BCUT2D eigenvalue weighted by atomic mass is 9.85. The lowest BCUT2D eigenvalue weighted by molar-refractivity contribution is -0.135. The molecule has 0 radical (unpaired) electrons. The van der Waals surface area contributed by atoms with Gasteiger partial charge in [0.15, 0.2) is 16.9 Å². The monoisotopic (exact) mass is 843 g/mol. The SMILES string of the molecule is O=C1CCC(n2c(=O)oc3cc(CCCOC4CCN(CC5CCC(n6cc(NC(=O)c7cnn8ccc(N9CCNCC9)nc78)c(C(F)F)n6)CC5)CC4)ccc32)C(=O)N1. The van der Waals surface area contributed by atoms with Gasteiger partial charge in [0.05, 0.1) is 29.5 Å². The van der Waals surface area contributed by atoms with Crippen molar-refractivity contribution in [1.82, 2.24) is 44.5 Å². The molecule has 4 aliphatic rings. The van der Waals surface area contributed by atoms with E-state index < -0.39 is 35.7 Å². The van der Waals surface area contributed by atoms with E-state index in [9.17, 15) is 28.0 Å². The molecular weight excluding hydrogens is 793 g/mol. The molecule has 1 atom stereocenters. The number of anilines is 2. The quantitative estimate of drug-likeness (QED) is 0.113. The number of likely N-dealkylation sites (tertiary alicyclic amines) is 1. The van der Waals surface area contributed by atoms with Gasteiger partial charge in [0, 0.05) is 71.2 Å². The van der Waals surface area contributed by atoms with E-state index >= 15 is 0 Å². The van der Waals surface area contributed by atoms with Gasteiger partial charge in [-0.25, -0.2) is 23.1 Å². The van der Waals surface area contributed by atoms with Gasteiger partial charge >= 0.3 is 5.76 Å². The first-order valence-electron chi connectivity index (χ1n) is 21.5. The van der Waals surface area contributed by atoms with Crippen molar-refractivity contribution in [1.29, 1.82) is 0 Å². The summed E-state index contributed by atoms with van der Waals surface area (Å²) in [5, 5.41) is 16.8. The molecule has 1 aromatic carbocycles. The first-order chi connectivity index (χ1) is 29.7. The zero-order chi connectivity index (χ0) is 42.0. The Balaban J connectivity index is 0.712. The number of aryl methyl sites for hydroxylation is 1. The summed E-state index contributed by atoms with van der Waals surface area (Å²) in [6, 6.07) is 6.63. The summed E-state index contributed by atoms with van der Waals surface area (Å²) in [4.78, 5) is 59.4. The van der Waals surface area contributed by atoms with Crippen molar-refractivity contribution in [3.05, 3.63) is 70.2 Å². The van der Waals surface area contributed by atoms with Crippen LogP contribution in [0, 0.1) is 5.92 Å². The average molecular weight is 844 g/mol. The maximum Gasteiger partial charge on any atom is 0.420 e. The number of piperidine rings is 2.